The zero-order valence-electron chi connectivity index (χ0n) is 10.3. The SMILES string of the molecule is CC#CC(CC)C(C)(C)C(C)(C)C. The van der Waals surface area contributed by atoms with E-state index in [0.717, 1.165) is 6.42 Å². The molecule has 0 aliphatic rings. The van der Waals surface area contributed by atoms with E-state index in [1.165, 1.54) is 0 Å². The molecule has 0 aliphatic carbocycles. The summed E-state index contributed by atoms with van der Waals surface area (Å²) >= 11 is 0. The molecule has 1 atom stereocenters. The van der Waals surface area contributed by atoms with Crippen molar-refractivity contribution in [3.63, 3.8) is 0 Å². The van der Waals surface area contributed by atoms with E-state index in [-0.39, 0.29) is 5.41 Å². The highest BCUT2D eigenvalue weighted by Crippen LogP contribution is 2.45. The van der Waals surface area contributed by atoms with Gasteiger partial charge < -0.3 is 0 Å². The number of hydrogen-bond acceptors (Lipinski definition) is 0. The predicted octanol–water partition coefficient (Wildman–Crippen LogP) is 4.11. The maximum atomic E-state index is 3.33. The molecule has 0 heterocycles. The van der Waals surface area contributed by atoms with Crippen LogP contribution in [0.5, 0.6) is 0 Å². The van der Waals surface area contributed by atoms with Crippen LogP contribution in [0.1, 0.15) is 54.9 Å². The van der Waals surface area contributed by atoms with Crippen LogP contribution in [0.2, 0.25) is 0 Å². The molecule has 0 aromatic heterocycles. The molecule has 0 N–H and O–H groups in total. The first-order valence-electron chi connectivity index (χ1n) is 5.19. The van der Waals surface area contributed by atoms with Crippen LogP contribution in [0.3, 0.4) is 0 Å². The third kappa shape index (κ3) is 2.76. The molecule has 1 unspecified atom stereocenters. The molecule has 0 saturated carbocycles. The lowest BCUT2D eigenvalue weighted by atomic mass is 9.61. The molecule has 0 radical (unpaired) electrons. The Morgan fingerprint density at radius 2 is 1.54 bits per heavy atom. The van der Waals surface area contributed by atoms with E-state index in [9.17, 15) is 0 Å². The predicted molar refractivity (Wildman–Crippen MR) is 60.5 cm³/mol. The zero-order valence-corrected chi connectivity index (χ0v) is 10.3. The molecule has 0 aromatic carbocycles. The second-order valence-corrected chi connectivity index (χ2v) is 5.33. The molecule has 0 saturated heterocycles. The van der Waals surface area contributed by atoms with Gasteiger partial charge in [0, 0.05) is 5.92 Å². The van der Waals surface area contributed by atoms with Gasteiger partial charge in [0.15, 0.2) is 0 Å². The van der Waals surface area contributed by atoms with Crippen LogP contribution < -0.4 is 0 Å². The largest absolute Gasteiger partial charge is 0.106 e. The van der Waals surface area contributed by atoms with Crippen LogP contribution in [0.15, 0.2) is 0 Å². The maximum absolute atomic E-state index is 3.33. The Labute approximate surface area is 84.1 Å². The fraction of sp³-hybridized carbons (Fsp3) is 0.846. The van der Waals surface area contributed by atoms with Crippen LogP contribution in [-0.2, 0) is 0 Å². The molecule has 0 heteroatoms. The third-order valence-electron chi connectivity index (χ3n) is 3.53. The second kappa shape index (κ2) is 4.18. The Morgan fingerprint density at radius 1 is 1.08 bits per heavy atom. The van der Waals surface area contributed by atoms with Gasteiger partial charge in [-0.2, -0.15) is 0 Å². The lowest BCUT2D eigenvalue weighted by Gasteiger charge is -2.42. The average Bonchev–Trinajstić information content (AvgIpc) is 1.97. The van der Waals surface area contributed by atoms with Gasteiger partial charge in [-0.1, -0.05) is 47.5 Å². The molecule has 0 aliphatic heterocycles. The molecule has 0 aromatic rings. The monoisotopic (exact) mass is 180 g/mol. The van der Waals surface area contributed by atoms with E-state index in [1.54, 1.807) is 0 Å². The second-order valence-electron chi connectivity index (χ2n) is 5.33. The Balaban J connectivity index is 4.84. The molecular formula is C13H24. The summed E-state index contributed by atoms with van der Waals surface area (Å²) in [7, 11) is 0. The minimum Gasteiger partial charge on any atom is -0.106 e. The third-order valence-corrected chi connectivity index (χ3v) is 3.53. The first-order valence-corrected chi connectivity index (χ1v) is 5.19. The van der Waals surface area contributed by atoms with Crippen LogP contribution in [-0.4, -0.2) is 0 Å². The van der Waals surface area contributed by atoms with Gasteiger partial charge in [0.05, 0.1) is 0 Å². The quantitative estimate of drug-likeness (QED) is 0.561. The van der Waals surface area contributed by atoms with Crippen LogP contribution >= 0.6 is 0 Å². The Kier molecular flexibility index (Phi) is 4.04. The van der Waals surface area contributed by atoms with Crippen molar-refractivity contribution >= 4 is 0 Å². The molecule has 0 fully saturated rings. The summed E-state index contributed by atoms with van der Waals surface area (Å²) in [5, 5.41) is 0. The molecular weight excluding hydrogens is 156 g/mol. The normalized spacial score (nSPS) is 14.7. The van der Waals surface area contributed by atoms with E-state index in [1.807, 2.05) is 6.92 Å². The smallest absolute Gasteiger partial charge is 0.0256 e. The summed E-state index contributed by atoms with van der Waals surface area (Å²) in [6, 6.07) is 0. The summed E-state index contributed by atoms with van der Waals surface area (Å²) in [5.74, 6) is 6.89. The lowest BCUT2D eigenvalue weighted by molar-refractivity contribution is 0.0814. The topological polar surface area (TPSA) is 0 Å². The van der Waals surface area contributed by atoms with Crippen molar-refractivity contribution in [2.45, 2.75) is 54.9 Å². The van der Waals surface area contributed by atoms with Gasteiger partial charge in [0.2, 0.25) is 0 Å². The standard InChI is InChI=1S/C13H24/c1-8-10-11(9-2)13(6,7)12(3,4)5/h11H,9H2,1-7H3. The summed E-state index contributed by atoms with van der Waals surface area (Å²) in [6.45, 7) is 15.7. The molecule has 0 spiro atoms. The summed E-state index contributed by atoms with van der Waals surface area (Å²) in [6.07, 6.45) is 1.14. The molecule has 0 rings (SSSR count). The highest BCUT2D eigenvalue weighted by atomic mass is 14.4. The minimum atomic E-state index is 0.282. The van der Waals surface area contributed by atoms with E-state index < -0.39 is 0 Å². The molecule has 13 heavy (non-hydrogen) atoms. The van der Waals surface area contributed by atoms with Gasteiger partial charge in [-0.15, -0.1) is 5.92 Å². The minimum absolute atomic E-state index is 0.282. The fourth-order valence-electron chi connectivity index (χ4n) is 1.49. The van der Waals surface area contributed by atoms with Gasteiger partial charge in [-0.05, 0) is 24.2 Å². The first-order chi connectivity index (χ1) is 5.77. The summed E-state index contributed by atoms with van der Waals surface area (Å²) in [4.78, 5) is 0. The van der Waals surface area contributed by atoms with E-state index in [0.29, 0.717) is 11.3 Å². The van der Waals surface area contributed by atoms with Crippen LogP contribution in [0.4, 0.5) is 0 Å². The zero-order chi connectivity index (χ0) is 10.7. The van der Waals surface area contributed by atoms with Crippen molar-refractivity contribution in [3.8, 4) is 11.8 Å². The molecule has 0 amide bonds. The summed E-state index contributed by atoms with van der Waals surface area (Å²) in [5.41, 5.74) is 0.599. The summed E-state index contributed by atoms with van der Waals surface area (Å²) < 4.78 is 0. The van der Waals surface area contributed by atoms with Crippen molar-refractivity contribution in [2.24, 2.45) is 16.7 Å². The number of hydrogen-bond donors (Lipinski definition) is 0. The van der Waals surface area contributed by atoms with Crippen molar-refractivity contribution in [1.82, 2.24) is 0 Å². The van der Waals surface area contributed by atoms with Gasteiger partial charge in [-0.25, -0.2) is 0 Å². The van der Waals surface area contributed by atoms with Crippen molar-refractivity contribution < 1.29 is 0 Å². The van der Waals surface area contributed by atoms with Crippen LogP contribution in [0.25, 0.3) is 0 Å². The van der Waals surface area contributed by atoms with Gasteiger partial charge >= 0.3 is 0 Å². The van der Waals surface area contributed by atoms with Gasteiger partial charge in [0.1, 0.15) is 0 Å². The molecule has 0 bridgehead atoms. The van der Waals surface area contributed by atoms with E-state index >= 15 is 0 Å². The highest BCUT2D eigenvalue weighted by molar-refractivity contribution is 5.07. The van der Waals surface area contributed by atoms with Gasteiger partial charge in [0.25, 0.3) is 0 Å². The van der Waals surface area contributed by atoms with Gasteiger partial charge in [-0.3, -0.25) is 0 Å². The van der Waals surface area contributed by atoms with Crippen molar-refractivity contribution in [2.75, 3.05) is 0 Å². The van der Waals surface area contributed by atoms with E-state index in [2.05, 4.69) is 53.4 Å². The Morgan fingerprint density at radius 3 is 1.77 bits per heavy atom. The average molecular weight is 180 g/mol. The highest BCUT2D eigenvalue weighted by Gasteiger charge is 2.38. The molecule has 0 nitrogen and oxygen atoms in total. The Hall–Kier alpha value is -0.440. The van der Waals surface area contributed by atoms with Crippen LogP contribution in [0, 0.1) is 28.6 Å². The fourth-order valence-corrected chi connectivity index (χ4v) is 1.49. The van der Waals surface area contributed by atoms with E-state index in [4.69, 9.17) is 0 Å². The Bertz CT molecular complexity index is 204. The maximum Gasteiger partial charge on any atom is 0.0256 e. The molecule has 76 valence electrons. The number of rotatable bonds is 2. The first kappa shape index (κ1) is 12.6. The van der Waals surface area contributed by atoms with Crippen molar-refractivity contribution in [3.05, 3.63) is 0 Å². The lowest BCUT2D eigenvalue weighted by Crippen LogP contribution is -2.36. The van der Waals surface area contributed by atoms with Crippen molar-refractivity contribution in [1.29, 1.82) is 0 Å².